The smallest absolute Gasteiger partial charge is 0.509 e. The van der Waals surface area contributed by atoms with E-state index in [1.807, 2.05) is 0 Å². The van der Waals surface area contributed by atoms with Crippen LogP contribution in [0.1, 0.15) is 25.0 Å². The van der Waals surface area contributed by atoms with E-state index in [0.717, 1.165) is 12.1 Å². The molecule has 1 aromatic rings. The van der Waals surface area contributed by atoms with Crippen molar-refractivity contribution in [3.8, 4) is 5.75 Å². The van der Waals surface area contributed by atoms with E-state index in [0.29, 0.717) is 0 Å². The number of rotatable bonds is 3. The summed E-state index contributed by atoms with van der Waals surface area (Å²) >= 11 is 5.96. The van der Waals surface area contributed by atoms with Crippen molar-refractivity contribution in [2.45, 2.75) is 32.4 Å². The maximum atomic E-state index is 12.3. The second-order valence-corrected chi connectivity index (χ2v) is 5.86. The molecule has 0 fully saturated rings. The number of benzene rings is 1. The number of carbonyl (C=O) groups excluding carboxylic acids is 1. The van der Waals surface area contributed by atoms with Gasteiger partial charge in [-0.05, 0) is 31.5 Å². The highest BCUT2D eigenvalue weighted by atomic mass is 35.5. The molecule has 23 heavy (non-hydrogen) atoms. The number of nitrogens with one attached hydrogen (secondary N) is 1. The van der Waals surface area contributed by atoms with Crippen molar-refractivity contribution in [1.29, 1.82) is 0 Å². The van der Waals surface area contributed by atoms with Crippen LogP contribution in [0, 0.1) is 0 Å². The molecule has 126 valence electrons. The molecule has 0 unspecified atom stereocenters. The molecule has 0 radical (unpaired) electrons. The number of hydrogen-bond acceptors (Lipinski definition) is 4. The molecular weight excluding hydrogens is 339 g/mol. The molecule has 2 rings (SSSR count). The summed E-state index contributed by atoms with van der Waals surface area (Å²) in [5.41, 5.74) is -1.36. The molecule has 0 saturated carbocycles. The van der Waals surface area contributed by atoms with Crippen molar-refractivity contribution in [2.24, 2.45) is 0 Å². The summed E-state index contributed by atoms with van der Waals surface area (Å²) in [7, 11) is 0. The summed E-state index contributed by atoms with van der Waals surface area (Å²) in [6.07, 6.45) is -4.92. The second kappa shape index (κ2) is 5.61. The number of amides is 1. The predicted molar refractivity (Wildman–Crippen MR) is 75.8 cm³/mol. The number of carbonyl (C=O) groups is 1. The van der Waals surface area contributed by atoms with Crippen LogP contribution < -0.4 is 10.1 Å². The molecule has 0 aromatic heterocycles. The minimum atomic E-state index is -4.92. The number of hydrogen-bond donors (Lipinski definition) is 3. The Labute approximate surface area is 134 Å². The fourth-order valence-electron chi connectivity index (χ4n) is 2.29. The van der Waals surface area contributed by atoms with E-state index in [4.69, 9.17) is 11.6 Å². The number of aliphatic hydroxyl groups excluding tert-OH is 2. The normalized spacial score (nSPS) is 17.4. The van der Waals surface area contributed by atoms with E-state index in [9.17, 15) is 28.2 Å². The van der Waals surface area contributed by atoms with Gasteiger partial charge in [-0.2, -0.15) is 0 Å². The fraction of sp³-hybridized carbons (Fsp3) is 0.357. The average molecular weight is 352 g/mol. The van der Waals surface area contributed by atoms with E-state index in [2.05, 4.69) is 10.1 Å². The highest BCUT2D eigenvalue weighted by molar-refractivity contribution is 6.36. The molecule has 0 spiro atoms. The van der Waals surface area contributed by atoms with Crippen LogP contribution in [0.3, 0.4) is 0 Å². The zero-order chi connectivity index (χ0) is 17.6. The minimum absolute atomic E-state index is 0.0377. The first-order valence-corrected chi connectivity index (χ1v) is 6.79. The van der Waals surface area contributed by atoms with Gasteiger partial charge in [0.25, 0.3) is 5.91 Å². The van der Waals surface area contributed by atoms with Crippen molar-refractivity contribution >= 4 is 23.1 Å². The van der Waals surface area contributed by atoms with Crippen LogP contribution in [0.5, 0.6) is 5.75 Å². The van der Waals surface area contributed by atoms with Crippen molar-refractivity contribution in [3.63, 3.8) is 0 Å². The monoisotopic (exact) mass is 351 g/mol. The Hall–Kier alpha value is -1.93. The Morgan fingerprint density at radius 3 is 2.39 bits per heavy atom. The Bertz CT molecular complexity index is 698. The van der Waals surface area contributed by atoms with Crippen LogP contribution >= 0.6 is 11.6 Å². The van der Waals surface area contributed by atoms with E-state index in [1.54, 1.807) is 13.8 Å². The van der Waals surface area contributed by atoms with Gasteiger partial charge in [-0.1, -0.05) is 11.6 Å². The van der Waals surface area contributed by atoms with Gasteiger partial charge in [0.1, 0.15) is 11.5 Å². The third-order valence-corrected chi connectivity index (χ3v) is 3.58. The molecule has 0 bridgehead atoms. The molecular formula is C14H13ClF3NO4. The van der Waals surface area contributed by atoms with Crippen LogP contribution in [0.15, 0.2) is 17.9 Å². The molecule has 1 aromatic carbocycles. The summed E-state index contributed by atoms with van der Waals surface area (Å²) in [5, 5.41) is 21.8. The summed E-state index contributed by atoms with van der Waals surface area (Å²) in [6.45, 7) is 2.39. The first kappa shape index (κ1) is 17.4. The largest absolute Gasteiger partial charge is 0.573 e. The van der Waals surface area contributed by atoms with E-state index >= 15 is 0 Å². The summed E-state index contributed by atoms with van der Waals surface area (Å²) in [5.74, 6) is -1.59. The van der Waals surface area contributed by atoms with Gasteiger partial charge in [-0.15, -0.1) is 13.2 Å². The third kappa shape index (κ3) is 3.37. The zero-order valence-electron chi connectivity index (χ0n) is 12.1. The third-order valence-electron chi connectivity index (χ3n) is 3.28. The molecule has 5 nitrogen and oxygen atoms in total. The van der Waals surface area contributed by atoms with Crippen molar-refractivity contribution in [2.75, 3.05) is 0 Å². The number of ether oxygens (including phenoxy) is 1. The summed E-state index contributed by atoms with van der Waals surface area (Å²) in [6, 6.07) is 1.77. The predicted octanol–water partition coefficient (Wildman–Crippen LogP) is 2.91. The van der Waals surface area contributed by atoms with Crippen LogP contribution in [0.2, 0.25) is 5.02 Å². The van der Waals surface area contributed by atoms with Crippen molar-refractivity contribution in [1.82, 2.24) is 5.32 Å². The van der Waals surface area contributed by atoms with Crippen LogP contribution in [-0.4, -0.2) is 28.0 Å². The molecule has 1 aliphatic heterocycles. The van der Waals surface area contributed by atoms with E-state index in [1.165, 1.54) is 0 Å². The molecule has 9 heteroatoms. The topological polar surface area (TPSA) is 78.8 Å². The van der Waals surface area contributed by atoms with Crippen LogP contribution in [0.4, 0.5) is 13.2 Å². The lowest BCUT2D eigenvalue weighted by Gasteiger charge is -2.17. The first-order valence-electron chi connectivity index (χ1n) is 6.42. The average Bonchev–Trinajstić information content (AvgIpc) is 2.57. The Morgan fingerprint density at radius 2 is 1.96 bits per heavy atom. The Balaban J connectivity index is 2.61. The fourth-order valence-corrected chi connectivity index (χ4v) is 2.61. The Morgan fingerprint density at radius 1 is 1.35 bits per heavy atom. The Kier molecular flexibility index (Phi) is 4.25. The molecule has 1 amide bonds. The van der Waals surface area contributed by atoms with Gasteiger partial charge in [-0.25, -0.2) is 0 Å². The maximum Gasteiger partial charge on any atom is 0.573 e. The van der Waals surface area contributed by atoms with Gasteiger partial charge in [0.05, 0.1) is 22.7 Å². The van der Waals surface area contributed by atoms with E-state index < -0.39 is 30.2 Å². The van der Waals surface area contributed by atoms with Crippen LogP contribution in [-0.2, 0) is 11.4 Å². The number of halogens is 4. The molecule has 0 aliphatic carbocycles. The van der Waals surface area contributed by atoms with Gasteiger partial charge in [0, 0.05) is 5.56 Å². The van der Waals surface area contributed by atoms with Crippen molar-refractivity contribution < 1.29 is 32.9 Å². The highest BCUT2D eigenvalue weighted by Crippen LogP contribution is 2.39. The zero-order valence-corrected chi connectivity index (χ0v) is 12.8. The quantitative estimate of drug-likeness (QED) is 0.782. The van der Waals surface area contributed by atoms with Gasteiger partial charge in [0.15, 0.2) is 0 Å². The minimum Gasteiger partial charge on any atom is -0.509 e. The van der Waals surface area contributed by atoms with Gasteiger partial charge < -0.3 is 20.3 Å². The molecule has 1 heterocycles. The maximum absolute atomic E-state index is 12.3. The molecule has 0 saturated heterocycles. The molecule has 1 aliphatic rings. The molecule has 3 N–H and O–H groups in total. The number of alkyl halides is 3. The standard InChI is InChI=1S/C14H13ClF3NO4/c1-13(2)11(21)10(12(22)19-13)9-6(5-20)3-7(4-8(9)15)23-14(16,17)18/h3-4,20-21H,5H2,1-2H3,(H,19,22). The lowest BCUT2D eigenvalue weighted by atomic mass is 9.95. The highest BCUT2D eigenvalue weighted by Gasteiger charge is 2.40. The van der Waals surface area contributed by atoms with E-state index in [-0.39, 0.29) is 27.5 Å². The second-order valence-electron chi connectivity index (χ2n) is 5.45. The van der Waals surface area contributed by atoms with Crippen LogP contribution in [0.25, 0.3) is 5.57 Å². The summed E-state index contributed by atoms with van der Waals surface area (Å²) < 4.78 is 40.6. The lowest BCUT2D eigenvalue weighted by Crippen LogP contribution is -2.38. The first-order chi connectivity index (χ1) is 10.5. The SMILES string of the molecule is CC1(C)NC(=O)C(c2c(Cl)cc(OC(F)(F)F)cc2CO)=C1O. The van der Waals surface area contributed by atoms with Gasteiger partial charge in [0.2, 0.25) is 0 Å². The number of aliphatic hydroxyl groups is 2. The van der Waals surface area contributed by atoms with Gasteiger partial charge in [-0.3, -0.25) is 4.79 Å². The lowest BCUT2D eigenvalue weighted by molar-refractivity contribution is -0.274. The van der Waals surface area contributed by atoms with Crippen molar-refractivity contribution in [3.05, 3.63) is 34.0 Å². The molecule has 0 atom stereocenters. The van der Waals surface area contributed by atoms with Gasteiger partial charge >= 0.3 is 6.36 Å². The summed E-state index contributed by atoms with van der Waals surface area (Å²) in [4.78, 5) is 12.1.